The van der Waals surface area contributed by atoms with Gasteiger partial charge in [-0.25, -0.2) is 0 Å². The van der Waals surface area contributed by atoms with Crippen LogP contribution >= 0.6 is 0 Å². The highest BCUT2D eigenvalue weighted by molar-refractivity contribution is 5.97. The average Bonchev–Trinajstić information content (AvgIpc) is 2.26. The van der Waals surface area contributed by atoms with E-state index in [1.54, 1.807) is 18.2 Å². The molecule has 0 aliphatic rings. The SMILES string of the molecule is CC(C)Cc1cccc(C(=O)CNCC(F)(F)F)c1. The van der Waals surface area contributed by atoms with E-state index >= 15 is 0 Å². The maximum atomic E-state index is 11.9. The highest BCUT2D eigenvalue weighted by Gasteiger charge is 2.26. The maximum absolute atomic E-state index is 11.9. The van der Waals surface area contributed by atoms with Crippen LogP contribution in [0.2, 0.25) is 0 Å². The Morgan fingerprint density at radius 1 is 1.32 bits per heavy atom. The number of rotatable bonds is 6. The Morgan fingerprint density at radius 2 is 2.00 bits per heavy atom. The summed E-state index contributed by atoms with van der Waals surface area (Å²) in [5.74, 6) is 0.142. The molecule has 0 spiro atoms. The molecule has 0 aliphatic heterocycles. The van der Waals surface area contributed by atoms with Crippen LogP contribution in [0.1, 0.15) is 29.8 Å². The molecule has 1 aromatic rings. The summed E-state index contributed by atoms with van der Waals surface area (Å²) in [6.45, 7) is 2.69. The summed E-state index contributed by atoms with van der Waals surface area (Å²) in [6.07, 6.45) is -3.45. The van der Waals surface area contributed by atoms with Crippen molar-refractivity contribution in [2.45, 2.75) is 26.4 Å². The van der Waals surface area contributed by atoms with E-state index in [1.807, 2.05) is 6.07 Å². The Hall–Kier alpha value is -1.36. The second kappa shape index (κ2) is 6.70. The Labute approximate surface area is 111 Å². The lowest BCUT2D eigenvalue weighted by atomic mass is 10.00. The number of Topliss-reactive ketones (excluding diaryl/α,β-unsaturated/α-hetero) is 1. The second-order valence-electron chi connectivity index (χ2n) is 4.94. The Morgan fingerprint density at radius 3 is 2.58 bits per heavy atom. The van der Waals surface area contributed by atoms with Crippen molar-refractivity contribution in [3.8, 4) is 0 Å². The molecule has 0 radical (unpaired) electrons. The third-order valence-corrected chi connectivity index (χ3v) is 2.50. The molecular weight excluding hydrogens is 255 g/mol. The molecule has 106 valence electrons. The number of carbonyl (C=O) groups is 1. The largest absolute Gasteiger partial charge is 0.401 e. The zero-order chi connectivity index (χ0) is 14.5. The lowest BCUT2D eigenvalue weighted by Crippen LogP contribution is -2.32. The van der Waals surface area contributed by atoms with Gasteiger partial charge >= 0.3 is 6.18 Å². The molecular formula is C14H18F3NO. The van der Waals surface area contributed by atoms with Crippen LogP contribution < -0.4 is 5.32 Å². The number of hydrogen-bond acceptors (Lipinski definition) is 2. The minimum absolute atomic E-state index is 0.301. The highest BCUT2D eigenvalue weighted by Crippen LogP contribution is 2.13. The van der Waals surface area contributed by atoms with Gasteiger partial charge in [-0.3, -0.25) is 4.79 Å². The molecule has 0 heterocycles. The molecule has 1 aromatic carbocycles. The van der Waals surface area contributed by atoms with Gasteiger partial charge in [-0.05, 0) is 24.0 Å². The third kappa shape index (κ3) is 6.38. The van der Waals surface area contributed by atoms with Gasteiger partial charge in [-0.2, -0.15) is 13.2 Å². The van der Waals surface area contributed by atoms with Crippen molar-refractivity contribution >= 4 is 5.78 Å². The number of alkyl halides is 3. The molecule has 0 saturated carbocycles. The van der Waals surface area contributed by atoms with E-state index in [0.717, 1.165) is 12.0 Å². The van der Waals surface area contributed by atoms with E-state index in [9.17, 15) is 18.0 Å². The number of halogens is 3. The lowest BCUT2D eigenvalue weighted by molar-refractivity contribution is -0.124. The van der Waals surface area contributed by atoms with E-state index in [1.165, 1.54) is 0 Å². The van der Waals surface area contributed by atoms with Crippen molar-refractivity contribution in [3.05, 3.63) is 35.4 Å². The minimum atomic E-state index is -4.29. The fourth-order valence-electron chi connectivity index (χ4n) is 1.76. The van der Waals surface area contributed by atoms with E-state index in [-0.39, 0.29) is 12.3 Å². The number of hydrogen-bond donors (Lipinski definition) is 1. The van der Waals surface area contributed by atoms with E-state index in [0.29, 0.717) is 11.5 Å². The first-order valence-corrected chi connectivity index (χ1v) is 6.17. The topological polar surface area (TPSA) is 29.1 Å². The zero-order valence-electron chi connectivity index (χ0n) is 11.1. The predicted octanol–water partition coefficient (Wildman–Crippen LogP) is 3.22. The molecule has 0 amide bonds. The van der Waals surface area contributed by atoms with Crippen molar-refractivity contribution in [2.24, 2.45) is 5.92 Å². The first kappa shape index (κ1) is 15.7. The molecule has 5 heteroatoms. The molecule has 0 aliphatic carbocycles. The second-order valence-corrected chi connectivity index (χ2v) is 4.94. The summed E-state index contributed by atoms with van der Waals surface area (Å²) in [5, 5.41) is 2.11. The third-order valence-electron chi connectivity index (χ3n) is 2.50. The van der Waals surface area contributed by atoms with Crippen LogP contribution in [-0.2, 0) is 6.42 Å². The molecule has 0 unspecified atom stereocenters. The summed E-state index contributed by atoms with van der Waals surface area (Å²) < 4.78 is 35.8. The quantitative estimate of drug-likeness (QED) is 0.806. The maximum Gasteiger partial charge on any atom is 0.401 e. The van der Waals surface area contributed by atoms with Gasteiger partial charge in [0.05, 0.1) is 13.1 Å². The summed E-state index contributed by atoms with van der Waals surface area (Å²) in [7, 11) is 0. The highest BCUT2D eigenvalue weighted by atomic mass is 19.4. The van der Waals surface area contributed by atoms with E-state index in [2.05, 4.69) is 19.2 Å². The molecule has 0 saturated heterocycles. The molecule has 1 rings (SSSR count). The van der Waals surface area contributed by atoms with Crippen molar-refractivity contribution < 1.29 is 18.0 Å². The van der Waals surface area contributed by atoms with E-state index < -0.39 is 12.7 Å². The van der Waals surface area contributed by atoms with Crippen molar-refractivity contribution in [1.82, 2.24) is 5.32 Å². The number of ketones is 1. The van der Waals surface area contributed by atoms with Gasteiger partial charge < -0.3 is 5.32 Å². The Kier molecular flexibility index (Phi) is 5.54. The van der Waals surface area contributed by atoms with Crippen molar-refractivity contribution in [1.29, 1.82) is 0 Å². The van der Waals surface area contributed by atoms with Crippen LogP contribution in [0.5, 0.6) is 0 Å². The first-order chi connectivity index (χ1) is 8.78. The first-order valence-electron chi connectivity index (χ1n) is 6.17. The summed E-state index contributed by atoms with van der Waals surface area (Å²) in [5.41, 5.74) is 1.48. The normalized spacial score (nSPS) is 11.9. The van der Waals surface area contributed by atoms with Crippen LogP contribution in [0.15, 0.2) is 24.3 Å². The van der Waals surface area contributed by atoms with Crippen LogP contribution in [0, 0.1) is 5.92 Å². The van der Waals surface area contributed by atoms with Crippen molar-refractivity contribution in [2.75, 3.05) is 13.1 Å². The van der Waals surface area contributed by atoms with Gasteiger partial charge in [-0.15, -0.1) is 0 Å². The Balaban J connectivity index is 2.57. The van der Waals surface area contributed by atoms with Gasteiger partial charge in [0, 0.05) is 5.56 Å². The predicted molar refractivity (Wildman–Crippen MR) is 68.2 cm³/mol. The van der Waals surface area contributed by atoms with E-state index in [4.69, 9.17) is 0 Å². The number of carbonyl (C=O) groups excluding carboxylic acids is 1. The summed E-state index contributed by atoms with van der Waals surface area (Å²) in [4.78, 5) is 11.7. The number of benzene rings is 1. The average molecular weight is 273 g/mol. The molecule has 0 fully saturated rings. The standard InChI is InChI=1S/C14H18F3NO/c1-10(2)6-11-4-3-5-12(7-11)13(19)8-18-9-14(15,16)17/h3-5,7,10,18H,6,8-9H2,1-2H3. The van der Waals surface area contributed by atoms with Gasteiger partial charge in [0.2, 0.25) is 0 Å². The summed E-state index contributed by atoms with van der Waals surface area (Å²) in [6, 6.07) is 7.05. The molecule has 19 heavy (non-hydrogen) atoms. The molecule has 0 aromatic heterocycles. The molecule has 2 nitrogen and oxygen atoms in total. The van der Waals surface area contributed by atoms with Gasteiger partial charge in [0.25, 0.3) is 0 Å². The monoisotopic (exact) mass is 273 g/mol. The van der Waals surface area contributed by atoms with Crippen LogP contribution in [-0.4, -0.2) is 25.0 Å². The van der Waals surface area contributed by atoms with Crippen LogP contribution in [0.3, 0.4) is 0 Å². The van der Waals surface area contributed by atoms with Crippen molar-refractivity contribution in [3.63, 3.8) is 0 Å². The lowest BCUT2D eigenvalue weighted by Gasteiger charge is -2.09. The molecule has 0 bridgehead atoms. The zero-order valence-corrected chi connectivity index (χ0v) is 11.1. The summed E-state index contributed by atoms with van der Waals surface area (Å²) >= 11 is 0. The fourth-order valence-corrected chi connectivity index (χ4v) is 1.76. The molecule has 1 N–H and O–H groups in total. The van der Waals surface area contributed by atoms with Gasteiger partial charge in [0.15, 0.2) is 5.78 Å². The minimum Gasteiger partial charge on any atom is -0.302 e. The number of nitrogens with one attached hydrogen (secondary N) is 1. The Bertz CT molecular complexity index is 427. The van der Waals surface area contributed by atoms with Crippen LogP contribution in [0.4, 0.5) is 13.2 Å². The van der Waals surface area contributed by atoms with Gasteiger partial charge in [-0.1, -0.05) is 32.0 Å². The fraction of sp³-hybridized carbons (Fsp3) is 0.500. The smallest absolute Gasteiger partial charge is 0.302 e. The van der Waals surface area contributed by atoms with Crippen LogP contribution in [0.25, 0.3) is 0 Å². The van der Waals surface area contributed by atoms with Gasteiger partial charge in [0.1, 0.15) is 0 Å². The molecule has 0 atom stereocenters.